The molecule has 0 radical (unpaired) electrons. The summed E-state index contributed by atoms with van der Waals surface area (Å²) in [4.78, 5) is 10.8. The number of piperidine rings is 1. The van der Waals surface area contributed by atoms with Crippen LogP contribution >= 0.6 is 11.3 Å². The van der Waals surface area contributed by atoms with Crippen molar-refractivity contribution in [1.29, 1.82) is 0 Å². The van der Waals surface area contributed by atoms with Gasteiger partial charge in [0.1, 0.15) is 17.5 Å². The Labute approximate surface area is 159 Å². The number of thiazole rings is 1. The van der Waals surface area contributed by atoms with E-state index in [1.54, 1.807) is 12.5 Å². The molecule has 1 atom stereocenters. The zero-order chi connectivity index (χ0) is 18.2. The third-order valence-electron chi connectivity index (χ3n) is 4.82. The Bertz CT molecular complexity index is 1060. The van der Waals surface area contributed by atoms with E-state index >= 15 is 0 Å². The van der Waals surface area contributed by atoms with Crippen LogP contribution in [0.4, 0.5) is 4.39 Å². The van der Waals surface area contributed by atoms with Gasteiger partial charge in [-0.05, 0) is 43.7 Å². The van der Waals surface area contributed by atoms with Crippen molar-refractivity contribution in [3.8, 4) is 10.9 Å². The van der Waals surface area contributed by atoms with E-state index in [9.17, 15) is 4.39 Å². The van der Waals surface area contributed by atoms with E-state index in [4.69, 9.17) is 9.15 Å². The van der Waals surface area contributed by atoms with Gasteiger partial charge >= 0.3 is 0 Å². The minimum absolute atomic E-state index is 0.500. The lowest BCUT2D eigenvalue weighted by Crippen LogP contribution is -2.35. The number of ether oxygens (including phenoxy) is 1. The lowest BCUT2D eigenvalue weighted by molar-refractivity contribution is 0.133. The number of hydrogen-bond donors (Lipinski definition) is 0. The van der Waals surface area contributed by atoms with Crippen molar-refractivity contribution in [2.24, 2.45) is 0 Å². The SMILES string of the molecule is FC1CCCN(Cc2coc3cc(Oc4nc5ncccc5s4)ccc23)C1. The number of rotatable bonds is 4. The molecular formula is C20H18FN3O2S. The van der Waals surface area contributed by atoms with Crippen molar-refractivity contribution in [2.75, 3.05) is 13.1 Å². The van der Waals surface area contributed by atoms with Crippen LogP contribution in [0.1, 0.15) is 18.4 Å². The van der Waals surface area contributed by atoms with Crippen LogP contribution < -0.4 is 4.74 Å². The molecule has 1 unspecified atom stereocenters. The summed E-state index contributed by atoms with van der Waals surface area (Å²) in [6.45, 7) is 2.14. The van der Waals surface area contributed by atoms with Crippen LogP contribution in [0.5, 0.6) is 10.9 Å². The van der Waals surface area contributed by atoms with Gasteiger partial charge in [0.25, 0.3) is 5.19 Å². The van der Waals surface area contributed by atoms with Gasteiger partial charge < -0.3 is 9.15 Å². The molecule has 4 aromatic rings. The summed E-state index contributed by atoms with van der Waals surface area (Å²) in [6, 6.07) is 9.62. The summed E-state index contributed by atoms with van der Waals surface area (Å²) in [5.74, 6) is 0.671. The lowest BCUT2D eigenvalue weighted by atomic mass is 10.1. The number of aromatic nitrogens is 2. The average molecular weight is 383 g/mol. The third kappa shape index (κ3) is 3.40. The molecule has 5 nitrogen and oxygen atoms in total. The third-order valence-corrected chi connectivity index (χ3v) is 5.71. The van der Waals surface area contributed by atoms with Crippen LogP contribution in [-0.2, 0) is 6.54 Å². The predicted octanol–water partition coefficient (Wildman–Crippen LogP) is 5.16. The number of alkyl halides is 1. The van der Waals surface area contributed by atoms with E-state index in [0.29, 0.717) is 36.1 Å². The zero-order valence-corrected chi connectivity index (χ0v) is 15.4. The van der Waals surface area contributed by atoms with Crippen LogP contribution in [0.3, 0.4) is 0 Å². The van der Waals surface area contributed by atoms with Crippen LogP contribution in [-0.4, -0.2) is 34.1 Å². The van der Waals surface area contributed by atoms with Crippen molar-refractivity contribution in [3.05, 3.63) is 48.4 Å². The van der Waals surface area contributed by atoms with E-state index in [-0.39, 0.29) is 0 Å². The van der Waals surface area contributed by atoms with Crippen molar-refractivity contribution in [2.45, 2.75) is 25.6 Å². The fourth-order valence-corrected chi connectivity index (χ4v) is 4.32. The summed E-state index contributed by atoms with van der Waals surface area (Å²) in [5, 5.41) is 1.59. The molecule has 1 saturated heterocycles. The lowest BCUT2D eigenvalue weighted by Gasteiger charge is -2.28. The van der Waals surface area contributed by atoms with Gasteiger partial charge in [0, 0.05) is 36.3 Å². The fourth-order valence-electron chi connectivity index (χ4n) is 3.53. The Kier molecular flexibility index (Phi) is 4.26. The van der Waals surface area contributed by atoms with Crippen LogP contribution in [0.2, 0.25) is 0 Å². The molecule has 1 aliphatic heterocycles. The maximum atomic E-state index is 13.6. The number of pyridine rings is 1. The van der Waals surface area contributed by atoms with Crippen LogP contribution in [0.15, 0.2) is 47.2 Å². The molecule has 0 bridgehead atoms. The Morgan fingerprint density at radius 1 is 1.33 bits per heavy atom. The highest BCUT2D eigenvalue weighted by Gasteiger charge is 2.20. The van der Waals surface area contributed by atoms with Gasteiger partial charge in [-0.25, -0.2) is 9.37 Å². The van der Waals surface area contributed by atoms with E-state index in [2.05, 4.69) is 14.9 Å². The molecule has 138 valence electrons. The summed E-state index contributed by atoms with van der Waals surface area (Å²) in [5.41, 5.74) is 2.52. The number of fused-ring (bicyclic) bond motifs is 2. The number of hydrogen-bond acceptors (Lipinski definition) is 6. The van der Waals surface area contributed by atoms with Gasteiger partial charge in [0.15, 0.2) is 5.65 Å². The first-order valence-electron chi connectivity index (χ1n) is 9.00. The summed E-state index contributed by atoms with van der Waals surface area (Å²) in [6.07, 6.45) is 4.34. The van der Waals surface area contributed by atoms with Crippen molar-refractivity contribution < 1.29 is 13.5 Å². The second-order valence-electron chi connectivity index (χ2n) is 6.80. The minimum atomic E-state index is -0.722. The molecule has 1 aliphatic rings. The number of benzene rings is 1. The maximum Gasteiger partial charge on any atom is 0.281 e. The molecule has 3 aromatic heterocycles. The maximum absolute atomic E-state index is 13.6. The molecule has 1 fully saturated rings. The molecule has 7 heteroatoms. The summed E-state index contributed by atoms with van der Waals surface area (Å²) in [7, 11) is 0. The topological polar surface area (TPSA) is 51.4 Å². The highest BCUT2D eigenvalue weighted by molar-refractivity contribution is 7.20. The second-order valence-corrected chi connectivity index (χ2v) is 7.79. The van der Waals surface area contributed by atoms with Crippen molar-refractivity contribution in [3.63, 3.8) is 0 Å². The Hall–Kier alpha value is -2.51. The van der Waals surface area contributed by atoms with Crippen LogP contribution in [0.25, 0.3) is 21.3 Å². The van der Waals surface area contributed by atoms with Crippen molar-refractivity contribution >= 4 is 32.7 Å². The highest BCUT2D eigenvalue weighted by atomic mass is 32.1. The molecule has 27 heavy (non-hydrogen) atoms. The standard InChI is InChI=1S/C20H18FN3O2S/c21-14-3-2-8-24(11-14)10-13-12-25-17-9-15(5-6-16(13)17)26-20-23-19-18(27-20)4-1-7-22-19/h1,4-7,9,12,14H,2-3,8,10-11H2. The number of halogens is 1. The minimum Gasteiger partial charge on any atom is -0.464 e. The molecular weight excluding hydrogens is 365 g/mol. The smallest absolute Gasteiger partial charge is 0.281 e. The number of nitrogens with zero attached hydrogens (tertiary/aromatic N) is 3. The molecule has 5 rings (SSSR count). The monoisotopic (exact) mass is 383 g/mol. The quantitative estimate of drug-likeness (QED) is 0.487. The molecule has 0 spiro atoms. The average Bonchev–Trinajstić information content (AvgIpc) is 3.25. The molecule has 0 aliphatic carbocycles. The number of furan rings is 1. The van der Waals surface area contributed by atoms with E-state index in [0.717, 1.165) is 34.2 Å². The van der Waals surface area contributed by atoms with Crippen molar-refractivity contribution in [1.82, 2.24) is 14.9 Å². The predicted molar refractivity (Wildman–Crippen MR) is 103 cm³/mol. The Morgan fingerprint density at radius 3 is 3.19 bits per heavy atom. The van der Waals surface area contributed by atoms with Gasteiger partial charge in [-0.3, -0.25) is 4.90 Å². The molecule has 0 saturated carbocycles. The molecule has 4 heterocycles. The Morgan fingerprint density at radius 2 is 2.30 bits per heavy atom. The van der Waals surface area contributed by atoms with Gasteiger partial charge in [0.05, 0.1) is 11.0 Å². The Balaban J connectivity index is 1.36. The molecule has 1 aromatic carbocycles. The zero-order valence-electron chi connectivity index (χ0n) is 14.6. The first-order valence-corrected chi connectivity index (χ1v) is 9.82. The summed E-state index contributed by atoms with van der Waals surface area (Å²) >= 11 is 1.46. The van der Waals surface area contributed by atoms with Gasteiger partial charge in [-0.15, -0.1) is 0 Å². The van der Waals surface area contributed by atoms with E-state index in [1.165, 1.54) is 11.3 Å². The molecule has 0 N–H and O–H groups in total. The highest BCUT2D eigenvalue weighted by Crippen LogP contribution is 2.33. The first kappa shape index (κ1) is 16.6. The first-order chi connectivity index (χ1) is 13.2. The second kappa shape index (κ2) is 6.90. The van der Waals surface area contributed by atoms with Gasteiger partial charge in [-0.2, -0.15) is 4.98 Å². The van der Waals surface area contributed by atoms with Crippen LogP contribution in [0, 0.1) is 0 Å². The van der Waals surface area contributed by atoms with Gasteiger partial charge in [-0.1, -0.05) is 11.3 Å². The normalized spacial score (nSPS) is 18.3. The van der Waals surface area contributed by atoms with E-state index < -0.39 is 6.17 Å². The summed E-state index contributed by atoms with van der Waals surface area (Å²) < 4.78 is 26.2. The van der Waals surface area contributed by atoms with E-state index in [1.807, 2.05) is 30.3 Å². The van der Waals surface area contributed by atoms with Gasteiger partial charge in [0.2, 0.25) is 0 Å². The number of likely N-dealkylation sites (tertiary alicyclic amines) is 1. The molecule has 0 amide bonds. The largest absolute Gasteiger partial charge is 0.464 e. The fraction of sp³-hybridized carbons (Fsp3) is 0.300.